The lowest BCUT2D eigenvalue weighted by atomic mass is 10.2. The quantitative estimate of drug-likeness (QED) is 0.851. The van der Waals surface area contributed by atoms with Crippen molar-refractivity contribution in [1.82, 2.24) is 4.72 Å². The smallest absolute Gasteiger partial charge is 0.244 e. The van der Waals surface area contributed by atoms with Crippen LogP contribution in [0.5, 0.6) is 5.75 Å². The predicted octanol–water partition coefficient (Wildman–Crippen LogP) is 2.04. The Bertz CT molecular complexity index is 722. The van der Waals surface area contributed by atoms with Crippen LogP contribution in [0.1, 0.15) is 15.3 Å². The number of hydrogen-bond donors (Lipinski definition) is 2. The van der Waals surface area contributed by atoms with Crippen LogP contribution in [-0.2, 0) is 23.2 Å². The van der Waals surface area contributed by atoms with Crippen LogP contribution in [0.25, 0.3) is 0 Å². The molecule has 0 radical (unpaired) electrons. The number of sulfonamides is 1. The van der Waals surface area contributed by atoms with E-state index in [0.717, 1.165) is 9.75 Å². The van der Waals surface area contributed by atoms with E-state index in [1.54, 1.807) is 17.4 Å². The van der Waals surface area contributed by atoms with Crippen molar-refractivity contribution in [3.8, 4) is 5.75 Å². The first-order valence-electron chi connectivity index (χ1n) is 6.29. The molecule has 7 heteroatoms. The van der Waals surface area contributed by atoms with Gasteiger partial charge < -0.3 is 9.84 Å². The highest BCUT2D eigenvalue weighted by Crippen LogP contribution is 2.25. The number of benzene rings is 1. The Hall–Kier alpha value is -1.41. The summed E-state index contributed by atoms with van der Waals surface area (Å²) in [6.45, 7) is 2.05. The van der Waals surface area contributed by atoms with Crippen molar-refractivity contribution in [2.75, 3.05) is 7.11 Å². The van der Waals surface area contributed by atoms with Crippen molar-refractivity contribution in [2.45, 2.75) is 25.0 Å². The molecular formula is C14H17NO4S2. The average Bonchev–Trinajstić information content (AvgIpc) is 2.90. The molecule has 1 aromatic carbocycles. The number of hydrogen-bond acceptors (Lipinski definition) is 5. The van der Waals surface area contributed by atoms with Crippen LogP contribution in [0.4, 0.5) is 0 Å². The van der Waals surface area contributed by atoms with Gasteiger partial charge in [0.05, 0.1) is 13.7 Å². The van der Waals surface area contributed by atoms with E-state index in [0.29, 0.717) is 5.56 Å². The highest BCUT2D eigenvalue weighted by atomic mass is 32.2. The number of aryl methyl sites for hydroxylation is 1. The van der Waals surface area contributed by atoms with E-state index >= 15 is 0 Å². The van der Waals surface area contributed by atoms with Crippen LogP contribution in [0, 0.1) is 6.92 Å². The van der Waals surface area contributed by atoms with Gasteiger partial charge in [-0.05, 0) is 36.8 Å². The van der Waals surface area contributed by atoms with Crippen molar-refractivity contribution in [2.24, 2.45) is 0 Å². The lowest BCUT2D eigenvalue weighted by Crippen LogP contribution is -2.23. The molecule has 1 heterocycles. The third-order valence-corrected chi connectivity index (χ3v) is 5.37. The number of methoxy groups -OCH3 is 1. The number of nitrogens with one attached hydrogen (secondary N) is 1. The van der Waals surface area contributed by atoms with Gasteiger partial charge in [0, 0.05) is 16.3 Å². The summed E-state index contributed by atoms with van der Waals surface area (Å²) in [7, 11) is -2.27. The second-order valence-electron chi connectivity index (χ2n) is 4.48. The van der Waals surface area contributed by atoms with Gasteiger partial charge in [-0.3, -0.25) is 0 Å². The summed E-state index contributed by atoms with van der Waals surface area (Å²) in [5.41, 5.74) is 0.597. The van der Waals surface area contributed by atoms with Crippen LogP contribution in [0.15, 0.2) is 35.2 Å². The van der Waals surface area contributed by atoms with Crippen LogP contribution in [0.3, 0.4) is 0 Å². The lowest BCUT2D eigenvalue weighted by Gasteiger charge is -2.11. The van der Waals surface area contributed by atoms with E-state index in [4.69, 9.17) is 9.84 Å². The molecule has 0 unspecified atom stereocenters. The second kappa shape index (κ2) is 6.57. The Morgan fingerprint density at radius 3 is 2.62 bits per heavy atom. The molecule has 0 aliphatic heterocycles. The largest absolute Gasteiger partial charge is 0.495 e. The van der Waals surface area contributed by atoms with E-state index in [1.807, 2.05) is 19.1 Å². The zero-order valence-electron chi connectivity index (χ0n) is 11.8. The number of thiophene rings is 1. The van der Waals surface area contributed by atoms with E-state index < -0.39 is 10.0 Å². The van der Waals surface area contributed by atoms with Crippen LogP contribution >= 0.6 is 11.3 Å². The van der Waals surface area contributed by atoms with Crippen molar-refractivity contribution < 1.29 is 18.3 Å². The molecule has 2 aromatic rings. The normalized spacial score (nSPS) is 11.6. The van der Waals surface area contributed by atoms with Crippen molar-refractivity contribution in [3.63, 3.8) is 0 Å². The van der Waals surface area contributed by atoms with E-state index in [9.17, 15) is 8.42 Å². The summed E-state index contributed by atoms with van der Waals surface area (Å²) in [4.78, 5) is 2.14. The highest BCUT2D eigenvalue weighted by Gasteiger charge is 2.19. The molecule has 114 valence electrons. The van der Waals surface area contributed by atoms with Crippen LogP contribution in [-0.4, -0.2) is 20.6 Å². The van der Waals surface area contributed by atoms with Crippen molar-refractivity contribution in [3.05, 3.63) is 45.6 Å². The van der Waals surface area contributed by atoms with Gasteiger partial charge in [0.2, 0.25) is 10.0 Å². The summed E-state index contributed by atoms with van der Waals surface area (Å²) in [6.07, 6.45) is 0. The van der Waals surface area contributed by atoms with Crippen LogP contribution < -0.4 is 9.46 Å². The first kappa shape index (κ1) is 16.0. The van der Waals surface area contributed by atoms with Gasteiger partial charge in [0.1, 0.15) is 10.6 Å². The highest BCUT2D eigenvalue weighted by molar-refractivity contribution is 7.89. The maximum Gasteiger partial charge on any atom is 0.244 e. The molecule has 0 atom stereocenters. The van der Waals surface area contributed by atoms with E-state index in [-0.39, 0.29) is 23.8 Å². The molecule has 0 aliphatic carbocycles. The fourth-order valence-corrected chi connectivity index (χ4v) is 3.93. The average molecular weight is 327 g/mol. The van der Waals surface area contributed by atoms with E-state index in [2.05, 4.69) is 4.72 Å². The van der Waals surface area contributed by atoms with Gasteiger partial charge in [0.15, 0.2) is 0 Å². The first-order valence-corrected chi connectivity index (χ1v) is 8.59. The van der Waals surface area contributed by atoms with Gasteiger partial charge in [-0.25, -0.2) is 13.1 Å². The second-order valence-corrected chi connectivity index (χ2v) is 7.59. The maximum atomic E-state index is 12.3. The Morgan fingerprint density at radius 1 is 1.29 bits per heavy atom. The SMILES string of the molecule is COc1cc(CO)ccc1S(=O)(=O)NCc1ccc(C)s1. The minimum atomic E-state index is -3.67. The third-order valence-electron chi connectivity index (χ3n) is 2.93. The molecule has 1 aromatic heterocycles. The van der Waals surface area contributed by atoms with Gasteiger partial charge in [0.25, 0.3) is 0 Å². The Balaban J connectivity index is 2.22. The number of aliphatic hydroxyl groups excluding tert-OH is 1. The maximum absolute atomic E-state index is 12.3. The standard InChI is InChI=1S/C14H17NO4S2/c1-10-3-5-12(20-10)8-15-21(17,18)14-6-4-11(9-16)7-13(14)19-2/h3-7,15-16H,8-9H2,1-2H3. The molecule has 0 spiro atoms. The summed E-state index contributed by atoms with van der Waals surface area (Å²) < 4.78 is 32.3. The van der Waals surface area contributed by atoms with Crippen LogP contribution in [0.2, 0.25) is 0 Å². The van der Waals surface area contributed by atoms with Crippen molar-refractivity contribution in [1.29, 1.82) is 0 Å². The molecule has 2 N–H and O–H groups in total. The van der Waals surface area contributed by atoms with E-state index in [1.165, 1.54) is 19.2 Å². The minimum Gasteiger partial charge on any atom is -0.495 e. The van der Waals surface area contributed by atoms with Crippen molar-refractivity contribution >= 4 is 21.4 Å². The molecular weight excluding hydrogens is 310 g/mol. The summed E-state index contributed by atoms with van der Waals surface area (Å²) in [6, 6.07) is 8.36. The topological polar surface area (TPSA) is 75.6 Å². The minimum absolute atomic E-state index is 0.0653. The first-order chi connectivity index (χ1) is 9.96. The number of rotatable bonds is 6. The summed E-state index contributed by atoms with van der Waals surface area (Å²) >= 11 is 1.55. The zero-order chi connectivity index (χ0) is 15.5. The predicted molar refractivity (Wildman–Crippen MR) is 82.0 cm³/mol. The van der Waals surface area contributed by atoms with Gasteiger partial charge in [-0.2, -0.15) is 0 Å². The number of aliphatic hydroxyl groups is 1. The Labute approximate surface area is 128 Å². The fraction of sp³-hybridized carbons (Fsp3) is 0.286. The van der Waals surface area contributed by atoms with Gasteiger partial charge in [-0.1, -0.05) is 6.07 Å². The molecule has 0 bridgehead atoms. The van der Waals surface area contributed by atoms with Gasteiger partial charge in [-0.15, -0.1) is 11.3 Å². The molecule has 21 heavy (non-hydrogen) atoms. The lowest BCUT2D eigenvalue weighted by molar-refractivity contribution is 0.280. The fourth-order valence-electron chi connectivity index (χ4n) is 1.86. The Kier molecular flexibility index (Phi) is 5.00. The molecule has 0 amide bonds. The van der Waals surface area contributed by atoms with Gasteiger partial charge >= 0.3 is 0 Å². The Morgan fingerprint density at radius 2 is 2.05 bits per heavy atom. The molecule has 0 fully saturated rings. The third kappa shape index (κ3) is 3.82. The molecule has 0 saturated carbocycles. The monoisotopic (exact) mass is 327 g/mol. The molecule has 2 rings (SSSR count). The zero-order valence-corrected chi connectivity index (χ0v) is 13.4. The summed E-state index contributed by atoms with van der Waals surface area (Å²) in [5, 5.41) is 9.09. The number of ether oxygens (including phenoxy) is 1. The molecule has 5 nitrogen and oxygen atoms in total. The molecule has 0 aliphatic rings. The summed E-state index contributed by atoms with van der Waals surface area (Å²) in [5.74, 6) is 0.219. The molecule has 0 saturated heterocycles.